The summed E-state index contributed by atoms with van der Waals surface area (Å²) in [5, 5.41) is 12.7. The van der Waals surface area contributed by atoms with Crippen molar-refractivity contribution in [2.75, 3.05) is 19.8 Å². The minimum atomic E-state index is -1.43. The van der Waals surface area contributed by atoms with Crippen LogP contribution < -0.4 is 11.1 Å². The average Bonchev–Trinajstić information content (AvgIpc) is 2.39. The molecule has 0 atom stereocenters. The van der Waals surface area contributed by atoms with E-state index < -0.39 is 39.6 Å². The lowest BCUT2D eigenvalue weighted by Gasteiger charge is -2.06. The molecule has 10 heteroatoms. The highest BCUT2D eigenvalue weighted by Crippen LogP contribution is 2.22. The van der Waals surface area contributed by atoms with E-state index in [4.69, 9.17) is 10.5 Å². The summed E-state index contributed by atoms with van der Waals surface area (Å²) in [6.45, 7) is -0.556. The van der Waals surface area contributed by atoms with E-state index in [1.807, 2.05) is 0 Å². The van der Waals surface area contributed by atoms with Crippen LogP contribution in [-0.4, -0.2) is 36.5 Å². The summed E-state index contributed by atoms with van der Waals surface area (Å²) in [7, 11) is 0. The summed E-state index contributed by atoms with van der Waals surface area (Å²) >= 11 is 0. The lowest BCUT2D eigenvalue weighted by atomic mass is 10.1. The molecule has 0 radical (unpaired) electrons. The first kappa shape index (κ1) is 16.4. The van der Waals surface area contributed by atoms with Crippen LogP contribution in [0.4, 0.5) is 14.5 Å². The van der Waals surface area contributed by atoms with E-state index in [0.717, 1.165) is 0 Å². The molecule has 0 spiro atoms. The van der Waals surface area contributed by atoms with Crippen LogP contribution in [0.1, 0.15) is 10.4 Å². The molecule has 3 N–H and O–H groups in total. The summed E-state index contributed by atoms with van der Waals surface area (Å²) in [5.74, 6) is -4.29. The first-order valence-electron chi connectivity index (χ1n) is 5.60. The van der Waals surface area contributed by atoms with Crippen molar-refractivity contribution >= 4 is 17.5 Å². The number of primary amides is 1. The van der Waals surface area contributed by atoms with Crippen molar-refractivity contribution in [3.05, 3.63) is 39.4 Å². The normalized spacial score (nSPS) is 10.2. The van der Waals surface area contributed by atoms with Gasteiger partial charge in [0.05, 0.1) is 23.2 Å². The summed E-state index contributed by atoms with van der Waals surface area (Å²) in [5.41, 5.74) is 2.87. The standard InChI is InChI=1S/C11H11F2N3O5/c12-6-3-7(10(13)8(4-6)16(19)20)11(18)15-1-2-21-5-9(14)17/h3-4H,1-2,5H2,(H2,14,17)(H,15,18). The lowest BCUT2D eigenvalue weighted by Crippen LogP contribution is -2.29. The van der Waals surface area contributed by atoms with E-state index in [0.29, 0.717) is 12.1 Å². The van der Waals surface area contributed by atoms with Crippen molar-refractivity contribution in [2.45, 2.75) is 0 Å². The lowest BCUT2D eigenvalue weighted by molar-refractivity contribution is -0.387. The number of benzene rings is 1. The molecule has 0 saturated heterocycles. The summed E-state index contributed by atoms with van der Waals surface area (Å²) in [4.78, 5) is 31.3. The van der Waals surface area contributed by atoms with E-state index in [-0.39, 0.29) is 19.8 Å². The molecule has 0 aliphatic rings. The molecule has 0 aliphatic heterocycles. The van der Waals surface area contributed by atoms with Crippen molar-refractivity contribution in [1.29, 1.82) is 0 Å². The van der Waals surface area contributed by atoms with E-state index in [2.05, 4.69) is 5.32 Å². The quantitative estimate of drug-likeness (QED) is 0.420. The molecule has 0 fully saturated rings. The third-order valence-electron chi connectivity index (χ3n) is 2.24. The van der Waals surface area contributed by atoms with Gasteiger partial charge in [-0.25, -0.2) is 4.39 Å². The summed E-state index contributed by atoms with van der Waals surface area (Å²) in [6.07, 6.45) is 0. The van der Waals surface area contributed by atoms with Crippen molar-refractivity contribution in [2.24, 2.45) is 5.73 Å². The average molecular weight is 303 g/mol. The Labute approximate surface area is 117 Å². The van der Waals surface area contributed by atoms with Crippen molar-refractivity contribution in [1.82, 2.24) is 5.32 Å². The fourth-order valence-corrected chi connectivity index (χ4v) is 1.38. The smallest absolute Gasteiger partial charge is 0.308 e. The van der Waals surface area contributed by atoms with Gasteiger partial charge in [0.25, 0.3) is 5.91 Å². The molecule has 2 amide bonds. The number of ether oxygens (including phenoxy) is 1. The molecule has 21 heavy (non-hydrogen) atoms. The maximum atomic E-state index is 13.7. The van der Waals surface area contributed by atoms with Crippen molar-refractivity contribution in [3.8, 4) is 0 Å². The monoisotopic (exact) mass is 303 g/mol. The Bertz CT molecular complexity index is 579. The highest BCUT2D eigenvalue weighted by atomic mass is 19.1. The predicted octanol–water partition coefficient (Wildman–Crippen LogP) is 0.105. The zero-order valence-electron chi connectivity index (χ0n) is 10.6. The largest absolute Gasteiger partial charge is 0.370 e. The minimum Gasteiger partial charge on any atom is -0.370 e. The highest BCUT2D eigenvalue weighted by Gasteiger charge is 2.23. The van der Waals surface area contributed by atoms with Gasteiger partial charge in [-0.1, -0.05) is 0 Å². The molecule has 0 bridgehead atoms. The van der Waals surface area contributed by atoms with Crippen molar-refractivity contribution < 1.29 is 28.0 Å². The number of nitrogens with zero attached hydrogens (tertiary/aromatic N) is 1. The van der Waals surface area contributed by atoms with Crippen LogP contribution in [0.15, 0.2) is 12.1 Å². The molecular weight excluding hydrogens is 292 g/mol. The number of nitro groups is 1. The molecule has 0 aromatic heterocycles. The Morgan fingerprint density at radius 1 is 1.38 bits per heavy atom. The molecule has 1 aromatic carbocycles. The minimum absolute atomic E-state index is 0.0896. The van der Waals surface area contributed by atoms with Crippen LogP contribution in [-0.2, 0) is 9.53 Å². The Balaban J connectivity index is 2.70. The Hall–Kier alpha value is -2.62. The number of nitro benzene ring substituents is 1. The Morgan fingerprint density at radius 2 is 2.05 bits per heavy atom. The zero-order valence-corrected chi connectivity index (χ0v) is 10.6. The van der Waals surface area contributed by atoms with Gasteiger partial charge in [-0.2, -0.15) is 4.39 Å². The molecular formula is C11H11F2N3O5. The van der Waals surface area contributed by atoms with Crippen LogP contribution >= 0.6 is 0 Å². The zero-order chi connectivity index (χ0) is 16.0. The number of amides is 2. The number of carbonyl (C=O) groups excluding carboxylic acids is 2. The molecule has 0 unspecified atom stereocenters. The number of hydrogen-bond donors (Lipinski definition) is 2. The van der Waals surface area contributed by atoms with Gasteiger partial charge in [0, 0.05) is 6.54 Å². The fraction of sp³-hybridized carbons (Fsp3) is 0.273. The van der Waals surface area contributed by atoms with Gasteiger partial charge in [0.2, 0.25) is 11.7 Å². The first-order valence-corrected chi connectivity index (χ1v) is 5.60. The van der Waals surface area contributed by atoms with Gasteiger partial charge in [-0.05, 0) is 6.07 Å². The van der Waals surface area contributed by atoms with Crippen LogP contribution in [0, 0.1) is 21.7 Å². The van der Waals surface area contributed by atoms with Crippen LogP contribution in [0.5, 0.6) is 0 Å². The Morgan fingerprint density at radius 3 is 2.62 bits per heavy atom. The molecule has 1 aromatic rings. The van der Waals surface area contributed by atoms with E-state index >= 15 is 0 Å². The van der Waals surface area contributed by atoms with Crippen LogP contribution in [0.25, 0.3) is 0 Å². The van der Waals surface area contributed by atoms with E-state index in [1.165, 1.54) is 0 Å². The van der Waals surface area contributed by atoms with Gasteiger partial charge >= 0.3 is 5.69 Å². The number of carbonyl (C=O) groups is 2. The Kier molecular flexibility index (Phi) is 5.67. The predicted molar refractivity (Wildman–Crippen MR) is 65.4 cm³/mol. The van der Waals surface area contributed by atoms with E-state index in [1.54, 1.807) is 0 Å². The SMILES string of the molecule is NC(=O)COCCNC(=O)c1cc(F)cc([N+](=O)[O-])c1F. The summed E-state index contributed by atoms with van der Waals surface area (Å²) < 4.78 is 31.5. The number of hydrogen-bond acceptors (Lipinski definition) is 5. The van der Waals surface area contributed by atoms with Gasteiger partial charge < -0.3 is 15.8 Å². The maximum Gasteiger partial charge on any atom is 0.308 e. The second-order valence-electron chi connectivity index (χ2n) is 3.82. The van der Waals surface area contributed by atoms with Gasteiger partial charge in [0.1, 0.15) is 12.4 Å². The molecule has 0 saturated carbocycles. The van der Waals surface area contributed by atoms with Crippen LogP contribution in [0.3, 0.4) is 0 Å². The number of rotatable bonds is 7. The third-order valence-corrected chi connectivity index (χ3v) is 2.24. The molecule has 8 nitrogen and oxygen atoms in total. The first-order chi connectivity index (χ1) is 9.82. The topological polar surface area (TPSA) is 125 Å². The third kappa shape index (κ3) is 4.76. The maximum absolute atomic E-state index is 13.7. The number of nitrogens with two attached hydrogens (primary N) is 1. The molecule has 0 heterocycles. The van der Waals surface area contributed by atoms with Gasteiger partial charge in [-0.3, -0.25) is 19.7 Å². The van der Waals surface area contributed by atoms with Gasteiger partial charge in [-0.15, -0.1) is 0 Å². The summed E-state index contributed by atoms with van der Waals surface area (Å²) in [6, 6.07) is 0.921. The second kappa shape index (κ2) is 7.24. The van der Waals surface area contributed by atoms with Crippen LogP contribution in [0.2, 0.25) is 0 Å². The second-order valence-corrected chi connectivity index (χ2v) is 3.82. The molecule has 1 rings (SSSR count). The van der Waals surface area contributed by atoms with E-state index in [9.17, 15) is 28.5 Å². The molecule has 114 valence electrons. The van der Waals surface area contributed by atoms with Gasteiger partial charge in [0.15, 0.2) is 0 Å². The number of halogens is 2. The molecule has 0 aliphatic carbocycles. The highest BCUT2D eigenvalue weighted by molar-refractivity contribution is 5.95. The fourth-order valence-electron chi connectivity index (χ4n) is 1.38. The van der Waals surface area contributed by atoms with Crippen molar-refractivity contribution in [3.63, 3.8) is 0 Å². The number of nitrogens with one attached hydrogen (secondary N) is 1.